The molecule has 0 atom stereocenters. The normalized spacial score (nSPS) is 10.4. The number of halogens is 1. The van der Waals surface area contributed by atoms with E-state index in [0.29, 0.717) is 10.6 Å². The van der Waals surface area contributed by atoms with E-state index in [-0.39, 0.29) is 16.5 Å². The predicted octanol–water partition coefficient (Wildman–Crippen LogP) is 4.22. The van der Waals surface area contributed by atoms with Crippen molar-refractivity contribution in [2.45, 2.75) is 20.3 Å². The van der Waals surface area contributed by atoms with Crippen LogP contribution in [0.5, 0.6) is 0 Å². The standard InChI is InChI=1S/C15H14ClNO3S/c1-3-12-8(2)6-13(21-12)14(18)17-11-5-4-9(15(19)20)7-10(11)16/h4-7H,3H2,1-2H3,(H,17,18)(H,19,20). The maximum absolute atomic E-state index is 12.2. The van der Waals surface area contributed by atoms with E-state index < -0.39 is 5.97 Å². The van der Waals surface area contributed by atoms with Gasteiger partial charge in [-0.1, -0.05) is 18.5 Å². The number of aryl methyl sites for hydroxylation is 2. The van der Waals surface area contributed by atoms with Crippen molar-refractivity contribution in [2.75, 3.05) is 5.32 Å². The summed E-state index contributed by atoms with van der Waals surface area (Å²) < 4.78 is 0. The minimum atomic E-state index is -1.06. The van der Waals surface area contributed by atoms with Crippen molar-refractivity contribution in [1.29, 1.82) is 0 Å². The Morgan fingerprint density at radius 2 is 2.05 bits per heavy atom. The molecule has 0 spiro atoms. The Labute approximate surface area is 131 Å². The number of aromatic carboxylic acids is 1. The third kappa shape index (κ3) is 3.43. The van der Waals surface area contributed by atoms with E-state index in [1.165, 1.54) is 34.4 Å². The number of nitrogens with one attached hydrogen (secondary N) is 1. The van der Waals surface area contributed by atoms with E-state index in [4.69, 9.17) is 16.7 Å². The zero-order valence-corrected chi connectivity index (χ0v) is 13.1. The lowest BCUT2D eigenvalue weighted by Gasteiger charge is -2.06. The van der Waals surface area contributed by atoms with Gasteiger partial charge >= 0.3 is 5.97 Å². The molecule has 0 aliphatic carbocycles. The smallest absolute Gasteiger partial charge is 0.335 e. The number of thiophene rings is 1. The van der Waals surface area contributed by atoms with Crippen molar-refractivity contribution in [3.05, 3.63) is 50.2 Å². The van der Waals surface area contributed by atoms with Crippen LogP contribution < -0.4 is 5.32 Å². The summed E-state index contributed by atoms with van der Waals surface area (Å²) in [5.41, 5.74) is 1.58. The van der Waals surface area contributed by atoms with Gasteiger partial charge in [0.05, 0.1) is 21.2 Å². The molecule has 0 aliphatic rings. The molecular formula is C15H14ClNO3S. The highest BCUT2D eigenvalue weighted by molar-refractivity contribution is 7.14. The Kier molecular flexibility index (Phi) is 4.65. The third-order valence-corrected chi connectivity index (χ3v) is 4.72. The Morgan fingerprint density at radius 1 is 1.33 bits per heavy atom. The maximum Gasteiger partial charge on any atom is 0.335 e. The Balaban J connectivity index is 2.21. The molecular weight excluding hydrogens is 310 g/mol. The van der Waals surface area contributed by atoms with Crippen LogP contribution in [-0.4, -0.2) is 17.0 Å². The second-order valence-corrected chi connectivity index (χ2v) is 6.07. The molecule has 1 heterocycles. The maximum atomic E-state index is 12.2. The van der Waals surface area contributed by atoms with Crippen LogP contribution in [0.15, 0.2) is 24.3 Å². The lowest BCUT2D eigenvalue weighted by molar-refractivity contribution is 0.0696. The number of carboxylic acid groups (broad SMARTS) is 1. The molecule has 1 aromatic carbocycles. The van der Waals surface area contributed by atoms with Crippen LogP contribution >= 0.6 is 22.9 Å². The van der Waals surface area contributed by atoms with Crippen molar-refractivity contribution < 1.29 is 14.7 Å². The monoisotopic (exact) mass is 323 g/mol. The highest BCUT2D eigenvalue weighted by Crippen LogP contribution is 2.26. The molecule has 1 amide bonds. The molecule has 0 fully saturated rings. The highest BCUT2D eigenvalue weighted by Gasteiger charge is 2.14. The quantitative estimate of drug-likeness (QED) is 0.885. The van der Waals surface area contributed by atoms with E-state index in [1.54, 1.807) is 0 Å². The van der Waals surface area contributed by atoms with E-state index in [9.17, 15) is 9.59 Å². The van der Waals surface area contributed by atoms with Crippen LogP contribution in [0.25, 0.3) is 0 Å². The van der Waals surface area contributed by atoms with Gasteiger partial charge in [0, 0.05) is 4.88 Å². The Bertz CT molecular complexity index is 709. The second-order valence-electron chi connectivity index (χ2n) is 4.52. The Hall–Kier alpha value is -1.85. The van der Waals surface area contributed by atoms with Crippen molar-refractivity contribution >= 4 is 40.5 Å². The number of anilines is 1. The van der Waals surface area contributed by atoms with Crippen LogP contribution in [0, 0.1) is 6.92 Å². The molecule has 2 N–H and O–H groups in total. The Morgan fingerprint density at radius 3 is 2.57 bits per heavy atom. The summed E-state index contributed by atoms with van der Waals surface area (Å²) in [7, 11) is 0. The number of carboxylic acids is 1. The SMILES string of the molecule is CCc1sc(C(=O)Nc2ccc(C(=O)O)cc2Cl)cc1C. The molecule has 0 saturated heterocycles. The van der Waals surface area contributed by atoms with Gasteiger partial charge in [0.2, 0.25) is 0 Å². The molecule has 0 radical (unpaired) electrons. The molecule has 0 bridgehead atoms. The number of rotatable bonds is 4. The van der Waals surface area contributed by atoms with Crippen LogP contribution in [0.3, 0.4) is 0 Å². The van der Waals surface area contributed by atoms with Gasteiger partial charge in [0.1, 0.15) is 0 Å². The first-order valence-corrected chi connectivity index (χ1v) is 7.55. The van der Waals surface area contributed by atoms with E-state index in [0.717, 1.165) is 12.0 Å². The first kappa shape index (κ1) is 15.5. The van der Waals surface area contributed by atoms with Gasteiger partial charge in [-0.05, 0) is 43.2 Å². The van der Waals surface area contributed by atoms with Crippen molar-refractivity contribution in [1.82, 2.24) is 0 Å². The van der Waals surface area contributed by atoms with Gasteiger partial charge < -0.3 is 10.4 Å². The molecule has 0 saturated carbocycles. The summed E-state index contributed by atoms with van der Waals surface area (Å²) >= 11 is 7.45. The van der Waals surface area contributed by atoms with Gasteiger partial charge in [-0.3, -0.25) is 4.79 Å². The van der Waals surface area contributed by atoms with Gasteiger partial charge in [-0.2, -0.15) is 0 Å². The first-order chi connectivity index (χ1) is 9.92. The van der Waals surface area contributed by atoms with E-state index in [1.807, 2.05) is 19.9 Å². The van der Waals surface area contributed by atoms with E-state index in [2.05, 4.69) is 5.32 Å². The zero-order valence-electron chi connectivity index (χ0n) is 11.6. The minimum absolute atomic E-state index is 0.0817. The minimum Gasteiger partial charge on any atom is -0.478 e. The summed E-state index contributed by atoms with van der Waals surface area (Å²) in [6.45, 7) is 4.02. The lowest BCUT2D eigenvalue weighted by Crippen LogP contribution is -2.11. The average Bonchev–Trinajstić information content (AvgIpc) is 2.82. The molecule has 0 aliphatic heterocycles. The van der Waals surface area contributed by atoms with E-state index >= 15 is 0 Å². The third-order valence-electron chi connectivity index (χ3n) is 3.03. The zero-order chi connectivity index (χ0) is 15.6. The fraction of sp³-hybridized carbons (Fsp3) is 0.200. The van der Waals surface area contributed by atoms with Crippen LogP contribution in [0.1, 0.15) is 37.4 Å². The van der Waals surface area contributed by atoms with Crippen LogP contribution in [0.4, 0.5) is 5.69 Å². The summed E-state index contributed by atoms with van der Waals surface area (Å²) in [6.07, 6.45) is 0.887. The molecule has 110 valence electrons. The molecule has 0 unspecified atom stereocenters. The molecule has 4 nitrogen and oxygen atoms in total. The number of carbonyl (C=O) groups excluding carboxylic acids is 1. The summed E-state index contributed by atoms with van der Waals surface area (Å²) in [6, 6.07) is 6.06. The van der Waals surface area contributed by atoms with Gasteiger partial charge in [0.25, 0.3) is 5.91 Å². The molecule has 1 aromatic heterocycles. The highest BCUT2D eigenvalue weighted by atomic mass is 35.5. The number of carbonyl (C=O) groups is 2. The predicted molar refractivity (Wildman–Crippen MR) is 84.8 cm³/mol. The van der Waals surface area contributed by atoms with Crippen molar-refractivity contribution in [2.24, 2.45) is 0 Å². The fourth-order valence-electron chi connectivity index (χ4n) is 1.92. The first-order valence-electron chi connectivity index (χ1n) is 6.36. The molecule has 2 rings (SSSR count). The number of amides is 1. The van der Waals surface area contributed by atoms with Gasteiger partial charge in [-0.25, -0.2) is 4.79 Å². The van der Waals surface area contributed by atoms with Gasteiger partial charge in [0.15, 0.2) is 0 Å². The second kappa shape index (κ2) is 6.28. The van der Waals surface area contributed by atoms with Gasteiger partial charge in [-0.15, -0.1) is 11.3 Å². The summed E-state index contributed by atoms with van der Waals surface area (Å²) in [4.78, 5) is 24.8. The average molecular weight is 324 g/mol. The lowest BCUT2D eigenvalue weighted by atomic mass is 10.2. The summed E-state index contributed by atoms with van der Waals surface area (Å²) in [5, 5.41) is 11.8. The topological polar surface area (TPSA) is 66.4 Å². The molecule has 6 heteroatoms. The van der Waals surface area contributed by atoms with Crippen molar-refractivity contribution in [3.8, 4) is 0 Å². The van der Waals surface area contributed by atoms with Crippen molar-refractivity contribution in [3.63, 3.8) is 0 Å². The number of benzene rings is 1. The largest absolute Gasteiger partial charge is 0.478 e. The molecule has 2 aromatic rings. The van der Waals surface area contributed by atoms with Crippen LogP contribution in [-0.2, 0) is 6.42 Å². The number of hydrogen-bond donors (Lipinski definition) is 2. The number of hydrogen-bond acceptors (Lipinski definition) is 3. The molecule has 21 heavy (non-hydrogen) atoms. The fourth-order valence-corrected chi connectivity index (χ4v) is 3.15. The van der Waals surface area contributed by atoms with Crippen LogP contribution in [0.2, 0.25) is 5.02 Å². The summed E-state index contributed by atoms with van der Waals surface area (Å²) in [5.74, 6) is -1.30.